The van der Waals surface area contributed by atoms with Crippen molar-refractivity contribution in [2.75, 3.05) is 20.3 Å². The summed E-state index contributed by atoms with van der Waals surface area (Å²) in [5.74, 6) is 0. The first-order chi connectivity index (χ1) is 8.45. The highest BCUT2D eigenvalue weighted by Crippen LogP contribution is 2.48. The maximum Gasteiger partial charge on any atom is 0.0657 e. The first-order valence-electron chi connectivity index (χ1n) is 7.32. The number of rotatable bonds is 8. The minimum absolute atomic E-state index is 0.167. The first kappa shape index (κ1) is 15.9. The Balaban J connectivity index is 2.53. The highest BCUT2D eigenvalue weighted by Gasteiger charge is 2.52. The third-order valence-electron chi connectivity index (χ3n) is 5.00. The Morgan fingerprint density at radius 3 is 2.39 bits per heavy atom. The van der Waals surface area contributed by atoms with E-state index in [9.17, 15) is 0 Å². The van der Waals surface area contributed by atoms with E-state index in [0.29, 0.717) is 17.6 Å². The Kier molecular flexibility index (Phi) is 5.63. The number of ether oxygens (including phenoxy) is 1. The van der Waals surface area contributed by atoms with Gasteiger partial charge in [-0.3, -0.25) is 0 Å². The van der Waals surface area contributed by atoms with Crippen LogP contribution in [0.2, 0.25) is 0 Å². The summed E-state index contributed by atoms with van der Waals surface area (Å²) in [7, 11) is 1.83. The zero-order valence-electron chi connectivity index (χ0n) is 12.8. The molecule has 1 fully saturated rings. The van der Waals surface area contributed by atoms with Crippen molar-refractivity contribution >= 4 is 0 Å². The molecule has 1 aliphatic rings. The van der Waals surface area contributed by atoms with Crippen molar-refractivity contribution in [2.45, 2.75) is 65.5 Å². The SMILES string of the molecule is CCC1(CC)C(NCC(C)(C)CCO)CC1OC. The van der Waals surface area contributed by atoms with E-state index in [1.165, 1.54) is 12.8 Å². The van der Waals surface area contributed by atoms with Gasteiger partial charge in [0.15, 0.2) is 0 Å². The monoisotopic (exact) mass is 257 g/mol. The lowest BCUT2D eigenvalue weighted by atomic mass is 9.58. The molecule has 2 N–H and O–H groups in total. The van der Waals surface area contributed by atoms with Gasteiger partial charge in [-0.1, -0.05) is 27.7 Å². The normalized spacial score (nSPS) is 27.0. The Labute approximate surface area is 112 Å². The fraction of sp³-hybridized carbons (Fsp3) is 1.00. The van der Waals surface area contributed by atoms with Gasteiger partial charge >= 0.3 is 0 Å². The molecule has 1 aliphatic carbocycles. The smallest absolute Gasteiger partial charge is 0.0657 e. The number of nitrogens with one attached hydrogen (secondary N) is 1. The summed E-state index contributed by atoms with van der Waals surface area (Å²) in [5, 5.41) is 12.8. The molecule has 2 unspecified atom stereocenters. The Morgan fingerprint density at radius 1 is 1.33 bits per heavy atom. The summed E-state index contributed by atoms with van der Waals surface area (Å²) in [6.45, 7) is 10.2. The van der Waals surface area contributed by atoms with Crippen LogP contribution in [0.3, 0.4) is 0 Å². The van der Waals surface area contributed by atoms with Gasteiger partial charge in [-0.25, -0.2) is 0 Å². The maximum atomic E-state index is 9.07. The molecule has 0 aromatic carbocycles. The van der Waals surface area contributed by atoms with Crippen LogP contribution in [0.25, 0.3) is 0 Å². The van der Waals surface area contributed by atoms with E-state index >= 15 is 0 Å². The largest absolute Gasteiger partial charge is 0.396 e. The molecule has 18 heavy (non-hydrogen) atoms. The Hall–Kier alpha value is -0.120. The van der Waals surface area contributed by atoms with E-state index in [1.807, 2.05) is 7.11 Å². The molecule has 0 spiro atoms. The fourth-order valence-corrected chi connectivity index (χ4v) is 3.35. The zero-order valence-corrected chi connectivity index (χ0v) is 12.8. The molecule has 108 valence electrons. The van der Waals surface area contributed by atoms with Gasteiger partial charge in [0.2, 0.25) is 0 Å². The number of hydrogen-bond acceptors (Lipinski definition) is 3. The van der Waals surface area contributed by atoms with Crippen LogP contribution in [0.5, 0.6) is 0 Å². The van der Waals surface area contributed by atoms with Gasteiger partial charge in [0.05, 0.1) is 6.10 Å². The minimum atomic E-state index is 0.167. The molecule has 3 heteroatoms. The lowest BCUT2D eigenvalue weighted by molar-refractivity contribution is -0.125. The topological polar surface area (TPSA) is 41.5 Å². The van der Waals surface area contributed by atoms with Crippen LogP contribution in [0.4, 0.5) is 0 Å². The van der Waals surface area contributed by atoms with Gasteiger partial charge < -0.3 is 15.2 Å². The van der Waals surface area contributed by atoms with Crippen molar-refractivity contribution in [1.82, 2.24) is 5.32 Å². The summed E-state index contributed by atoms with van der Waals surface area (Å²) >= 11 is 0. The molecule has 0 aromatic heterocycles. The molecule has 0 aliphatic heterocycles. The van der Waals surface area contributed by atoms with Gasteiger partial charge in [0, 0.05) is 31.7 Å². The lowest BCUT2D eigenvalue weighted by Crippen LogP contribution is -2.64. The summed E-state index contributed by atoms with van der Waals surface area (Å²) in [5.41, 5.74) is 0.476. The van der Waals surface area contributed by atoms with E-state index in [1.54, 1.807) is 0 Å². The molecule has 1 saturated carbocycles. The molecule has 0 bridgehead atoms. The zero-order chi connectivity index (χ0) is 13.8. The molecule has 0 amide bonds. The van der Waals surface area contributed by atoms with Gasteiger partial charge in [-0.15, -0.1) is 0 Å². The minimum Gasteiger partial charge on any atom is -0.396 e. The first-order valence-corrected chi connectivity index (χ1v) is 7.32. The Bertz CT molecular complexity index is 249. The molecular formula is C15H31NO2. The average molecular weight is 257 g/mol. The second-order valence-corrected chi connectivity index (χ2v) is 6.47. The highest BCUT2D eigenvalue weighted by molar-refractivity contribution is 5.06. The third kappa shape index (κ3) is 3.06. The summed E-state index contributed by atoms with van der Waals surface area (Å²) in [6.07, 6.45) is 4.71. The van der Waals surface area contributed by atoms with E-state index in [0.717, 1.165) is 19.4 Å². The summed E-state index contributed by atoms with van der Waals surface area (Å²) in [4.78, 5) is 0. The van der Waals surface area contributed by atoms with E-state index < -0.39 is 0 Å². The molecule has 0 aromatic rings. The fourth-order valence-electron chi connectivity index (χ4n) is 3.35. The van der Waals surface area contributed by atoms with Crippen LogP contribution in [-0.2, 0) is 4.74 Å². The van der Waals surface area contributed by atoms with Crippen LogP contribution >= 0.6 is 0 Å². The van der Waals surface area contributed by atoms with E-state index in [-0.39, 0.29) is 12.0 Å². The van der Waals surface area contributed by atoms with Gasteiger partial charge in [-0.05, 0) is 31.1 Å². The molecule has 2 atom stereocenters. The molecule has 0 saturated heterocycles. The highest BCUT2D eigenvalue weighted by atomic mass is 16.5. The van der Waals surface area contributed by atoms with Gasteiger partial charge in [0.25, 0.3) is 0 Å². The molecule has 0 radical (unpaired) electrons. The van der Waals surface area contributed by atoms with Crippen molar-refractivity contribution in [2.24, 2.45) is 10.8 Å². The van der Waals surface area contributed by atoms with Gasteiger partial charge in [0.1, 0.15) is 0 Å². The lowest BCUT2D eigenvalue weighted by Gasteiger charge is -2.56. The summed E-state index contributed by atoms with van der Waals surface area (Å²) < 4.78 is 5.61. The average Bonchev–Trinajstić information content (AvgIpc) is 2.29. The predicted octanol–water partition coefficient (Wildman–Crippen LogP) is 2.58. The van der Waals surface area contributed by atoms with E-state index in [2.05, 4.69) is 33.0 Å². The maximum absolute atomic E-state index is 9.07. The number of hydrogen-bond donors (Lipinski definition) is 2. The van der Waals surface area contributed by atoms with Crippen molar-refractivity contribution in [3.8, 4) is 0 Å². The Morgan fingerprint density at radius 2 is 1.94 bits per heavy atom. The number of methoxy groups -OCH3 is 1. The van der Waals surface area contributed by atoms with Crippen LogP contribution in [0, 0.1) is 10.8 Å². The predicted molar refractivity (Wildman–Crippen MR) is 75.7 cm³/mol. The van der Waals surface area contributed by atoms with Crippen LogP contribution in [0.15, 0.2) is 0 Å². The third-order valence-corrected chi connectivity index (χ3v) is 5.00. The quantitative estimate of drug-likeness (QED) is 0.702. The van der Waals surface area contributed by atoms with Crippen molar-refractivity contribution in [3.63, 3.8) is 0 Å². The van der Waals surface area contributed by atoms with Crippen LogP contribution < -0.4 is 5.32 Å². The van der Waals surface area contributed by atoms with Crippen LogP contribution in [-0.4, -0.2) is 37.5 Å². The van der Waals surface area contributed by atoms with Crippen molar-refractivity contribution in [3.05, 3.63) is 0 Å². The molecular weight excluding hydrogens is 226 g/mol. The summed E-state index contributed by atoms with van der Waals surface area (Å²) in [6, 6.07) is 0.565. The standard InChI is InChI=1S/C15H31NO2/c1-6-15(7-2)12(10-13(15)18-5)16-11-14(3,4)8-9-17/h12-13,16-17H,6-11H2,1-5H3. The number of aliphatic hydroxyl groups excluding tert-OH is 1. The van der Waals surface area contributed by atoms with E-state index in [4.69, 9.17) is 9.84 Å². The second kappa shape index (κ2) is 6.36. The van der Waals surface area contributed by atoms with Crippen LogP contribution in [0.1, 0.15) is 53.4 Å². The number of aliphatic hydroxyl groups is 1. The second-order valence-electron chi connectivity index (χ2n) is 6.47. The van der Waals surface area contributed by atoms with Crippen molar-refractivity contribution in [1.29, 1.82) is 0 Å². The molecule has 3 nitrogen and oxygen atoms in total. The van der Waals surface area contributed by atoms with Gasteiger partial charge in [-0.2, -0.15) is 0 Å². The van der Waals surface area contributed by atoms with Crippen molar-refractivity contribution < 1.29 is 9.84 Å². The molecule has 0 heterocycles. The molecule has 1 rings (SSSR count).